The van der Waals surface area contributed by atoms with Gasteiger partial charge in [-0.15, -0.1) is 0 Å². The Morgan fingerprint density at radius 2 is 2.30 bits per heavy atom. The van der Waals surface area contributed by atoms with Crippen LogP contribution in [0.15, 0.2) is 16.7 Å². The lowest BCUT2D eigenvalue weighted by atomic mass is 9.97. The highest BCUT2D eigenvalue weighted by Crippen LogP contribution is 2.31. The number of hydrogen-bond acceptors (Lipinski definition) is 5. The second kappa shape index (κ2) is 5.65. The maximum absolute atomic E-state index is 11.1. The van der Waals surface area contributed by atoms with Gasteiger partial charge in [0.2, 0.25) is 5.82 Å². The molecule has 2 atom stereocenters. The highest BCUT2D eigenvalue weighted by Gasteiger charge is 2.32. The third-order valence-electron chi connectivity index (χ3n) is 4.19. The number of nitrogens with one attached hydrogen (secondary N) is 1. The zero-order valence-corrected chi connectivity index (χ0v) is 12.7. The Morgan fingerprint density at radius 1 is 1.45 bits per heavy atom. The molecule has 2 fully saturated rings. The molecule has 2 saturated heterocycles. The molecule has 0 saturated carbocycles. The van der Waals surface area contributed by atoms with E-state index in [1.54, 1.807) is 6.20 Å². The summed E-state index contributed by atoms with van der Waals surface area (Å²) in [6.07, 6.45) is 6.18. The topological polar surface area (TPSA) is 71.3 Å². The molecule has 2 unspecified atom stereocenters. The maximum Gasteiger partial charge on any atom is 0.312 e. The number of nitrogens with zero attached hydrogens (tertiary/aromatic N) is 3. The van der Waals surface area contributed by atoms with Gasteiger partial charge in [0.25, 0.3) is 0 Å². The monoisotopic (exact) mass is 340 g/mol. The molecule has 1 aromatic rings. The molecule has 6 nitrogen and oxygen atoms in total. The number of halogens is 1. The fourth-order valence-electron chi connectivity index (χ4n) is 3.23. The Morgan fingerprint density at radius 3 is 3.10 bits per heavy atom. The van der Waals surface area contributed by atoms with Crippen LogP contribution >= 0.6 is 15.9 Å². The maximum atomic E-state index is 11.1. The summed E-state index contributed by atoms with van der Waals surface area (Å²) in [4.78, 5) is 17.4. The van der Waals surface area contributed by atoms with Gasteiger partial charge in [0.15, 0.2) is 0 Å². The minimum absolute atomic E-state index is 0.0354. The van der Waals surface area contributed by atoms with Gasteiger partial charge in [-0.1, -0.05) is 0 Å². The van der Waals surface area contributed by atoms with Crippen LogP contribution in [-0.2, 0) is 0 Å². The fraction of sp³-hybridized carbons (Fsp3) is 0.615. The van der Waals surface area contributed by atoms with Gasteiger partial charge < -0.3 is 10.2 Å². The lowest BCUT2D eigenvalue weighted by Crippen LogP contribution is -2.42. The van der Waals surface area contributed by atoms with Gasteiger partial charge in [0.05, 0.1) is 4.92 Å². The van der Waals surface area contributed by atoms with Crippen LogP contribution < -0.4 is 5.32 Å². The zero-order chi connectivity index (χ0) is 14.1. The summed E-state index contributed by atoms with van der Waals surface area (Å²) in [5.74, 6) is 0.384. The fourth-order valence-corrected chi connectivity index (χ4v) is 3.55. The molecule has 0 bridgehead atoms. The zero-order valence-electron chi connectivity index (χ0n) is 11.1. The summed E-state index contributed by atoms with van der Waals surface area (Å²) >= 11 is 3.23. The molecule has 2 aliphatic rings. The second-order valence-corrected chi connectivity index (χ2v) is 6.39. The van der Waals surface area contributed by atoms with E-state index >= 15 is 0 Å². The van der Waals surface area contributed by atoms with E-state index in [9.17, 15) is 10.1 Å². The van der Waals surface area contributed by atoms with E-state index in [0.717, 1.165) is 19.4 Å². The SMILES string of the molecule is O=[N+]([O-])c1cc(Br)cnc1NC1CCN2CCCC2C1. The van der Waals surface area contributed by atoms with E-state index in [4.69, 9.17) is 0 Å². The first-order valence-corrected chi connectivity index (χ1v) is 7.73. The number of rotatable bonds is 3. The molecule has 0 spiro atoms. The van der Waals surface area contributed by atoms with Crippen molar-refractivity contribution in [2.75, 3.05) is 18.4 Å². The van der Waals surface area contributed by atoms with Gasteiger partial charge in [-0.25, -0.2) is 4.98 Å². The lowest BCUT2D eigenvalue weighted by molar-refractivity contribution is -0.384. The number of piperidine rings is 1. The third kappa shape index (κ3) is 2.78. The van der Waals surface area contributed by atoms with Crippen molar-refractivity contribution in [1.82, 2.24) is 9.88 Å². The molecule has 108 valence electrons. The van der Waals surface area contributed by atoms with E-state index < -0.39 is 0 Å². The minimum Gasteiger partial charge on any atom is -0.362 e. The molecule has 3 heterocycles. The smallest absolute Gasteiger partial charge is 0.312 e. The normalized spacial score (nSPS) is 26.2. The molecule has 0 radical (unpaired) electrons. The van der Waals surface area contributed by atoms with Gasteiger partial charge in [0.1, 0.15) is 0 Å². The van der Waals surface area contributed by atoms with Crippen LogP contribution in [0, 0.1) is 10.1 Å². The number of pyridine rings is 1. The quantitative estimate of drug-likeness (QED) is 0.676. The molecule has 7 heteroatoms. The number of hydrogen-bond donors (Lipinski definition) is 1. The average Bonchev–Trinajstić information content (AvgIpc) is 2.88. The Balaban J connectivity index is 1.73. The van der Waals surface area contributed by atoms with Crippen LogP contribution in [0.2, 0.25) is 0 Å². The van der Waals surface area contributed by atoms with E-state index in [0.29, 0.717) is 16.3 Å². The third-order valence-corrected chi connectivity index (χ3v) is 4.63. The van der Waals surface area contributed by atoms with Crippen molar-refractivity contribution in [3.05, 3.63) is 26.9 Å². The van der Waals surface area contributed by atoms with Crippen molar-refractivity contribution in [3.8, 4) is 0 Å². The molecule has 2 aliphatic heterocycles. The van der Waals surface area contributed by atoms with Crippen LogP contribution in [0.1, 0.15) is 25.7 Å². The molecular formula is C13H17BrN4O2. The lowest BCUT2D eigenvalue weighted by Gasteiger charge is -2.35. The van der Waals surface area contributed by atoms with E-state index in [2.05, 4.69) is 31.1 Å². The van der Waals surface area contributed by atoms with Crippen LogP contribution in [0.3, 0.4) is 0 Å². The molecule has 1 N–H and O–H groups in total. The Kier molecular flexibility index (Phi) is 3.89. The van der Waals surface area contributed by atoms with Crippen molar-refractivity contribution in [2.24, 2.45) is 0 Å². The van der Waals surface area contributed by atoms with Crippen molar-refractivity contribution >= 4 is 27.4 Å². The van der Waals surface area contributed by atoms with Gasteiger partial charge in [0, 0.05) is 35.4 Å². The van der Waals surface area contributed by atoms with E-state index in [1.807, 2.05) is 0 Å². The molecular weight excluding hydrogens is 324 g/mol. The molecule has 0 aromatic carbocycles. The van der Waals surface area contributed by atoms with Crippen LogP contribution in [0.5, 0.6) is 0 Å². The van der Waals surface area contributed by atoms with E-state index in [-0.39, 0.29) is 16.7 Å². The van der Waals surface area contributed by atoms with Gasteiger partial charge in [-0.2, -0.15) is 0 Å². The number of aromatic nitrogens is 1. The largest absolute Gasteiger partial charge is 0.362 e. The molecule has 0 amide bonds. The first-order chi connectivity index (χ1) is 9.63. The van der Waals surface area contributed by atoms with E-state index in [1.165, 1.54) is 25.5 Å². The number of nitro groups is 1. The van der Waals surface area contributed by atoms with Gasteiger partial charge in [-0.3, -0.25) is 10.1 Å². The van der Waals surface area contributed by atoms with Gasteiger partial charge in [-0.05, 0) is 48.2 Å². The highest BCUT2D eigenvalue weighted by molar-refractivity contribution is 9.10. The van der Waals surface area contributed by atoms with Crippen LogP contribution in [0.4, 0.5) is 11.5 Å². The minimum atomic E-state index is -0.384. The standard InChI is InChI=1S/C13H17BrN4O2/c14-9-6-12(18(19)20)13(15-8-9)16-10-3-5-17-4-1-2-11(17)7-10/h6,8,10-11H,1-5,7H2,(H,15,16). The Bertz CT molecular complexity index is 525. The number of anilines is 1. The van der Waals surface area contributed by atoms with Crippen molar-refractivity contribution in [2.45, 2.75) is 37.8 Å². The van der Waals surface area contributed by atoms with Crippen LogP contribution in [0.25, 0.3) is 0 Å². The van der Waals surface area contributed by atoms with Crippen molar-refractivity contribution in [3.63, 3.8) is 0 Å². The molecule has 1 aromatic heterocycles. The molecule has 0 aliphatic carbocycles. The summed E-state index contributed by atoms with van der Waals surface area (Å²) in [5, 5.41) is 14.4. The average molecular weight is 341 g/mol. The summed E-state index contributed by atoms with van der Waals surface area (Å²) in [7, 11) is 0. The predicted molar refractivity (Wildman–Crippen MR) is 79.8 cm³/mol. The van der Waals surface area contributed by atoms with Gasteiger partial charge >= 0.3 is 5.69 Å². The summed E-state index contributed by atoms with van der Waals surface area (Å²) < 4.78 is 0.625. The summed E-state index contributed by atoms with van der Waals surface area (Å²) in [5.41, 5.74) is 0.0354. The first-order valence-electron chi connectivity index (χ1n) is 6.94. The summed E-state index contributed by atoms with van der Waals surface area (Å²) in [6, 6.07) is 2.41. The highest BCUT2D eigenvalue weighted by atomic mass is 79.9. The molecule has 20 heavy (non-hydrogen) atoms. The second-order valence-electron chi connectivity index (χ2n) is 5.48. The Hall–Kier alpha value is -1.21. The summed E-state index contributed by atoms with van der Waals surface area (Å²) in [6.45, 7) is 2.28. The van der Waals surface area contributed by atoms with Crippen molar-refractivity contribution in [1.29, 1.82) is 0 Å². The number of fused-ring (bicyclic) bond motifs is 1. The van der Waals surface area contributed by atoms with Crippen molar-refractivity contribution < 1.29 is 4.92 Å². The first kappa shape index (κ1) is 13.8. The predicted octanol–water partition coefficient (Wildman–Crippen LogP) is 2.79. The molecule has 3 rings (SSSR count). The Labute approximate surface area is 125 Å². The van der Waals surface area contributed by atoms with Crippen LogP contribution in [-0.4, -0.2) is 40.0 Å².